The van der Waals surface area contributed by atoms with E-state index in [1.54, 1.807) is 6.07 Å². The molecular formula is C17H13N3O. The fourth-order valence-corrected chi connectivity index (χ4v) is 2.94. The van der Waals surface area contributed by atoms with Gasteiger partial charge in [0, 0.05) is 13.5 Å². The van der Waals surface area contributed by atoms with Crippen molar-refractivity contribution in [2.75, 3.05) is 0 Å². The topological polar surface area (TPSA) is 50.8 Å². The Kier molecular flexibility index (Phi) is 2.48. The van der Waals surface area contributed by atoms with Gasteiger partial charge in [-0.05, 0) is 23.8 Å². The third-order valence-corrected chi connectivity index (χ3v) is 4.00. The second-order valence-electron chi connectivity index (χ2n) is 5.23. The van der Waals surface area contributed by atoms with E-state index in [1.165, 1.54) is 5.56 Å². The molecule has 21 heavy (non-hydrogen) atoms. The van der Waals surface area contributed by atoms with Crippen LogP contribution in [0.15, 0.2) is 42.5 Å². The highest BCUT2D eigenvalue weighted by atomic mass is 16.5. The summed E-state index contributed by atoms with van der Waals surface area (Å²) in [7, 11) is 1.97. The van der Waals surface area contributed by atoms with Crippen LogP contribution in [-0.4, -0.2) is 9.55 Å². The second-order valence-corrected chi connectivity index (χ2v) is 5.23. The smallest absolute Gasteiger partial charge is 0.160 e. The van der Waals surface area contributed by atoms with Crippen LogP contribution < -0.4 is 4.74 Å². The fourth-order valence-electron chi connectivity index (χ4n) is 2.94. The zero-order valence-corrected chi connectivity index (χ0v) is 11.6. The number of para-hydroxylation sites is 2. The van der Waals surface area contributed by atoms with Gasteiger partial charge < -0.3 is 9.30 Å². The van der Waals surface area contributed by atoms with Gasteiger partial charge >= 0.3 is 0 Å². The largest absolute Gasteiger partial charge is 0.482 e. The average molecular weight is 275 g/mol. The number of rotatable bonds is 1. The Labute approximate surface area is 122 Å². The lowest BCUT2D eigenvalue weighted by Crippen LogP contribution is -2.09. The maximum atomic E-state index is 9.21. The summed E-state index contributed by atoms with van der Waals surface area (Å²) in [6.45, 7) is 0. The molecule has 4 rings (SSSR count). The molecule has 0 fully saturated rings. The highest BCUT2D eigenvalue weighted by Gasteiger charge is 2.28. The molecular weight excluding hydrogens is 262 g/mol. The summed E-state index contributed by atoms with van der Waals surface area (Å²) < 4.78 is 8.03. The fraction of sp³-hybridized carbons (Fsp3) is 0.176. The summed E-state index contributed by atoms with van der Waals surface area (Å²) in [4.78, 5) is 4.66. The molecule has 4 heteroatoms. The Morgan fingerprint density at radius 3 is 2.90 bits per heavy atom. The van der Waals surface area contributed by atoms with Crippen molar-refractivity contribution in [2.45, 2.75) is 12.5 Å². The zero-order valence-electron chi connectivity index (χ0n) is 11.6. The van der Waals surface area contributed by atoms with Crippen LogP contribution in [0.3, 0.4) is 0 Å². The number of nitriles is 1. The van der Waals surface area contributed by atoms with Crippen molar-refractivity contribution in [1.29, 1.82) is 5.26 Å². The molecule has 102 valence electrons. The van der Waals surface area contributed by atoms with Crippen LogP contribution in [0, 0.1) is 11.3 Å². The first-order chi connectivity index (χ1) is 10.3. The minimum atomic E-state index is -0.0913. The Hall–Kier alpha value is -2.80. The van der Waals surface area contributed by atoms with Crippen LogP contribution in [-0.2, 0) is 13.5 Å². The Bertz CT molecular complexity index is 864. The highest BCUT2D eigenvalue weighted by molar-refractivity contribution is 5.82. The minimum absolute atomic E-state index is 0.0913. The maximum absolute atomic E-state index is 9.21. The molecule has 1 aliphatic heterocycles. The third-order valence-electron chi connectivity index (χ3n) is 4.00. The molecule has 1 unspecified atom stereocenters. The summed E-state index contributed by atoms with van der Waals surface area (Å²) in [5, 5.41) is 9.21. The first kappa shape index (κ1) is 12.0. The summed E-state index contributed by atoms with van der Waals surface area (Å²) >= 11 is 0. The lowest BCUT2D eigenvalue weighted by molar-refractivity contribution is 0.224. The van der Waals surface area contributed by atoms with Gasteiger partial charge in [-0.25, -0.2) is 4.98 Å². The first-order valence-corrected chi connectivity index (χ1v) is 6.88. The molecule has 3 aromatic rings. The number of hydrogen-bond donors (Lipinski definition) is 0. The van der Waals surface area contributed by atoms with Gasteiger partial charge in [-0.15, -0.1) is 0 Å². The van der Waals surface area contributed by atoms with Gasteiger partial charge in [0.15, 0.2) is 11.9 Å². The number of aryl methyl sites for hydroxylation is 1. The number of imidazole rings is 1. The zero-order chi connectivity index (χ0) is 14.4. The van der Waals surface area contributed by atoms with Crippen molar-refractivity contribution >= 4 is 11.0 Å². The van der Waals surface area contributed by atoms with Gasteiger partial charge in [0.25, 0.3) is 0 Å². The summed E-state index contributed by atoms with van der Waals surface area (Å²) in [5.74, 6) is 1.79. The number of nitrogens with zero attached hydrogens (tertiary/aromatic N) is 3. The highest BCUT2D eigenvalue weighted by Crippen LogP contribution is 2.36. The normalized spacial score (nSPS) is 16.5. The maximum Gasteiger partial charge on any atom is 0.160 e. The molecule has 0 amide bonds. The predicted octanol–water partition coefficient (Wildman–Crippen LogP) is 3.12. The molecule has 0 N–H and O–H groups in total. The van der Waals surface area contributed by atoms with E-state index in [4.69, 9.17) is 4.74 Å². The van der Waals surface area contributed by atoms with E-state index < -0.39 is 0 Å². The van der Waals surface area contributed by atoms with E-state index in [1.807, 2.05) is 41.9 Å². The molecule has 0 aliphatic carbocycles. The number of ether oxygens (including phenoxy) is 1. The van der Waals surface area contributed by atoms with Gasteiger partial charge in [0.2, 0.25) is 0 Å². The molecule has 2 heterocycles. The summed E-state index contributed by atoms with van der Waals surface area (Å²) in [6.07, 6.45) is 0.723. The minimum Gasteiger partial charge on any atom is -0.482 e. The van der Waals surface area contributed by atoms with Crippen LogP contribution in [0.2, 0.25) is 0 Å². The van der Waals surface area contributed by atoms with E-state index in [9.17, 15) is 5.26 Å². The Morgan fingerprint density at radius 1 is 1.24 bits per heavy atom. The third kappa shape index (κ3) is 1.71. The quantitative estimate of drug-likeness (QED) is 0.685. The molecule has 1 aliphatic rings. The summed E-state index contributed by atoms with van der Waals surface area (Å²) in [5.41, 5.74) is 3.51. The van der Waals surface area contributed by atoms with Gasteiger partial charge in [-0.1, -0.05) is 24.3 Å². The second kappa shape index (κ2) is 4.35. The molecule has 1 atom stereocenters. The Morgan fingerprint density at radius 2 is 2.10 bits per heavy atom. The van der Waals surface area contributed by atoms with Gasteiger partial charge in [0.05, 0.1) is 11.1 Å². The lowest BCUT2D eigenvalue weighted by Gasteiger charge is -2.10. The predicted molar refractivity (Wildman–Crippen MR) is 78.9 cm³/mol. The molecule has 2 aromatic carbocycles. The molecule has 4 nitrogen and oxygen atoms in total. The molecule has 0 saturated carbocycles. The van der Waals surface area contributed by atoms with Crippen molar-refractivity contribution < 1.29 is 4.74 Å². The van der Waals surface area contributed by atoms with Gasteiger partial charge in [-0.2, -0.15) is 5.26 Å². The lowest BCUT2D eigenvalue weighted by atomic mass is 10.1. The van der Waals surface area contributed by atoms with E-state index in [2.05, 4.69) is 17.1 Å². The van der Waals surface area contributed by atoms with Crippen molar-refractivity contribution in [3.8, 4) is 11.8 Å². The van der Waals surface area contributed by atoms with E-state index >= 15 is 0 Å². The monoisotopic (exact) mass is 275 g/mol. The van der Waals surface area contributed by atoms with E-state index in [-0.39, 0.29) is 6.10 Å². The average Bonchev–Trinajstić information content (AvgIpc) is 3.08. The number of benzene rings is 2. The van der Waals surface area contributed by atoms with Crippen LogP contribution in [0.5, 0.6) is 5.75 Å². The number of aromatic nitrogens is 2. The van der Waals surface area contributed by atoms with Crippen LogP contribution in [0.4, 0.5) is 0 Å². The molecule has 0 spiro atoms. The molecule has 0 bridgehead atoms. The van der Waals surface area contributed by atoms with Crippen molar-refractivity contribution in [3.63, 3.8) is 0 Å². The van der Waals surface area contributed by atoms with Crippen LogP contribution in [0.1, 0.15) is 23.1 Å². The SMILES string of the molecule is Cn1c(C2Cc3ccccc3O2)nc2c(C#N)cccc21. The Balaban J connectivity index is 1.83. The van der Waals surface area contributed by atoms with Crippen molar-refractivity contribution in [3.05, 3.63) is 59.4 Å². The number of hydrogen-bond acceptors (Lipinski definition) is 3. The van der Waals surface area contributed by atoms with Crippen LogP contribution >= 0.6 is 0 Å². The molecule has 0 saturated heterocycles. The molecule has 0 radical (unpaired) electrons. The van der Waals surface area contributed by atoms with Gasteiger partial charge in [-0.3, -0.25) is 0 Å². The summed E-state index contributed by atoms with van der Waals surface area (Å²) in [6, 6.07) is 15.9. The van der Waals surface area contributed by atoms with Crippen molar-refractivity contribution in [2.24, 2.45) is 7.05 Å². The van der Waals surface area contributed by atoms with E-state index in [0.29, 0.717) is 5.56 Å². The van der Waals surface area contributed by atoms with Crippen LogP contribution in [0.25, 0.3) is 11.0 Å². The van der Waals surface area contributed by atoms with Gasteiger partial charge in [0.1, 0.15) is 17.3 Å². The number of fused-ring (bicyclic) bond motifs is 2. The first-order valence-electron chi connectivity index (χ1n) is 6.88. The standard InChI is InChI=1S/C17H13N3O/c1-20-13-7-4-6-12(10-18)16(13)19-17(20)15-9-11-5-2-3-8-14(11)21-15/h2-8,15H,9H2,1H3. The molecule has 1 aromatic heterocycles. The van der Waals surface area contributed by atoms with Crippen molar-refractivity contribution in [1.82, 2.24) is 9.55 Å². The van der Waals surface area contributed by atoms with E-state index in [0.717, 1.165) is 29.0 Å².